The van der Waals surface area contributed by atoms with Gasteiger partial charge in [-0.2, -0.15) is 0 Å². The number of aromatic nitrogens is 2. The molecule has 0 fully saturated rings. The Balaban J connectivity index is 2.08. The second kappa shape index (κ2) is 8.45. The Hall–Kier alpha value is -3.52. The van der Waals surface area contributed by atoms with Crippen molar-refractivity contribution >= 4 is 5.97 Å². The minimum Gasteiger partial charge on any atom is -0.478 e. The first-order chi connectivity index (χ1) is 13.5. The van der Waals surface area contributed by atoms with Crippen LogP contribution in [0.5, 0.6) is 0 Å². The van der Waals surface area contributed by atoms with Crippen molar-refractivity contribution in [2.24, 2.45) is 0 Å². The molecular weight excluding hydrogens is 355 g/mol. The third-order valence-corrected chi connectivity index (χ3v) is 4.39. The van der Waals surface area contributed by atoms with Gasteiger partial charge in [0, 0.05) is 29.2 Å². The number of carboxylic acid groups (broad SMARTS) is 1. The lowest BCUT2D eigenvalue weighted by molar-refractivity contribution is 0.0692. The highest BCUT2D eigenvalue weighted by atomic mass is 19.1. The Morgan fingerprint density at radius 1 is 1.07 bits per heavy atom. The van der Waals surface area contributed by atoms with Gasteiger partial charge in [-0.05, 0) is 48.7 Å². The number of carbonyl (C=O) groups is 1. The maximum Gasteiger partial charge on any atom is 0.338 e. The number of hydrogen-bond donors (Lipinski definition) is 1. The fourth-order valence-electron chi connectivity index (χ4n) is 2.85. The molecule has 0 amide bonds. The van der Waals surface area contributed by atoms with Crippen molar-refractivity contribution in [1.29, 1.82) is 0 Å². The van der Waals surface area contributed by atoms with Crippen molar-refractivity contribution in [2.75, 3.05) is 0 Å². The lowest BCUT2D eigenvalue weighted by Crippen LogP contribution is -2.01. The average molecular weight is 374 g/mol. The van der Waals surface area contributed by atoms with E-state index >= 15 is 0 Å². The van der Waals surface area contributed by atoms with E-state index in [1.165, 1.54) is 12.1 Å². The van der Waals surface area contributed by atoms with Gasteiger partial charge in [0.15, 0.2) is 0 Å². The predicted molar refractivity (Wildman–Crippen MR) is 106 cm³/mol. The number of benzene rings is 1. The summed E-state index contributed by atoms with van der Waals surface area (Å²) in [5, 5.41) is 9.03. The van der Waals surface area contributed by atoms with Crippen LogP contribution in [0, 0.1) is 17.7 Å². The van der Waals surface area contributed by atoms with Crippen LogP contribution in [0.2, 0.25) is 0 Å². The van der Waals surface area contributed by atoms with Crippen molar-refractivity contribution in [1.82, 2.24) is 9.97 Å². The zero-order valence-corrected chi connectivity index (χ0v) is 15.7. The highest BCUT2D eigenvalue weighted by Crippen LogP contribution is 2.27. The zero-order valence-electron chi connectivity index (χ0n) is 15.7. The molecule has 140 valence electrons. The topological polar surface area (TPSA) is 63.1 Å². The maximum absolute atomic E-state index is 14.2. The van der Waals surface area contributed by atoms with Crippen LogP contribution in [0.1, 0.15) is 46.7 Å². The standard InChI is InChI=1S/C23H19FN2O2/c1-3-17-8-5-15(14-26-17)6-9-19-18(11-12-25-22(19)4-2)16-7-10-20(23(27)28)21(24)13-16/h5,7-8,10-14H,3-4H2,1-2H3,(H,27,28). The van der Waals surface area contributed by atoms with Crippen LogP contribution >= 0.6 is 0 Å². The third-order valence-electron chi connectivity index (χ3n) is 4.39. The molecule has 0 aliphatic carbocycles. The molecule has 0 saturated heterocycles. The van der Waals surface area contributed by atoms with Gasteiger partial charge >= 0.3 is 5.97 Å². The summed E-state index contributed by atoms with van der Waals surface area (Å²) in [5.41, 5.74) is 4.19. The van der Waals surface area contributed by atoms with Crippen molar-refractivity contribution in [2.45, 2.75) is 26.7 Å². The smallest absolute Gasteiger partial charge is 0.338 e. The second-order valence-corrected chi connectivity index (χ2v) is 6.18. The average Bonchev–Trinajstić information content (AvgIpc) is 2.72. The molecule has 5 heteroatoms. The fraction of sp³-hybridized carbons (Fsp3) is 0.174. The fourth-order valence-corrected chi connectivity index (χ4v) is 2.85. The van der Waals surface area contributed by atoms with Crippen molar-refractivity contribution in [3.63, 3.8) is 0 Å². The molecule has 0 atom stereocenters. The first-order valence-electron chi connectivity index (χ1n) is 9.01. The summed E-state index contributed by atoms with van der Waals surface area (Å²) >= 11 is 0. The van der Waals surface area contributed by atoms with Crippen LogP contribution in [0.25, 0.3) is 11.1 Å². The second-order valence-electron chi connectivity index (χ2n) is 6.18. The molecule has 0 saturated carbocycles. The van der Waals surface area contributed by atoms with E-state index in [-0.39, 0.29) is 5.56 Å². The highest BCUT2D eigenvalue weighted by Gasteiger charge is 2.14. The van der Waals surface area contributed by atoms with Gasteiger partial charge in [-0.15, -0.1) is 0 Å². The number of aryl methyl sites for hydroxylation is 2. The van der Waals surface area contributed by atoms with Crippen LogP contribution in [0.3, 0.4) is 0 Å². The summed E-state index contributed by atoms with van der Waals surface area (Å²) < 4.78 is 14.2. The number of carboxylic acids is 1. The Kier molecular flexibility index (Phi) is 5.81. The van der Waals surface area contributed by atoms with Gasteiger partial charge in [0.25, 0.3) is 0 Å². The minimum atomic E-state index is -1.30. The first kappa shape index (κ1) is 19.2. The van der Waals surface area contributed by atoms with Gasteiger partial charge in [0.2, 0.25) is 0 Å². The van der Waals surface area contributed by atoms with Gasteiger partial charge in [0.05, 0.1) is 16.8 Å². The van der Waals surface area contributed by atoms with Crippen LogP contribution in [0.15, 0.2) is 48.8 Å². The van der Waals surface area contributed by atoms with Crippen molar-refractivity contribution in [3.05, 3.63) is 82.7 Å². The Labute approximate surface area is 163 Å². The van der Waals surface area contributed by atoms with Crippen LogP contribution in [0.4, 0.5) is 4.39 Å². The Morgan fingerprint density at radius 3 is 2.50 bits per heavy atom. The van der Waals surface area contributed by atoms with E-state index in [0.717, 1.165) is 23.4 Å². The lowest BCUT2D eigenvalue weighted by atomic mass is 9.97. The molecule has 2 heterocycles. The van der Waals surface area contributed by atoms with Crippen LogP contribution < -0.4 is 0 Å². The maximum atomic E-state index is 14.2. The molecule has 0 spiro atoms. The van der Waals surface area contributed by atoms with E-state index in [0.29, 0.717) is 23.1 Å². The van der Waals surface area contributed by atoms with Gasteiger partial charge in [-0.1, -0.05) is 31.8 Å². The molecule has 4 nitrogen and oxygen atoms in total. The molecule has 0 radical (unpaired) electrons. The molecular formula is C23H19FN2O2. The van der Waals surface area contributed by atoms with E-state index in [1.54, 1.807) is 24.5 Å². The molecule has 0 unspecified atom stereocenters. The third kappa shape index (κ3) is 4.07. The molecule has 0 bridgehead atoms. The highest BCUT2D eigenvalue weighted by molar-refractivity contribution is 5.89. The number of nitrogens with zero attached hydrogens (tertiary/aromatic N) is 2. The lowest BCUT2D eigenvalue weighted by Gasteiger charge is -2.09. The quantitative estimate of drug-likeness (QED) is 0.683. The van der Waals surface area contributed by atoms with E-state index in [2.05, 4.69) is 21.8 Å². The van der Waals surface area contributed by atoms with Crippen molar-refractivity contribution < 1.29 is 14.3 Å². The minimum absolute atomic E-state index is 0.358. The zero-order chi connectivity index (χ0) is 20.1. The number of pyridine rings is 2. The molecule has 28 heavy (non-hydrogen) atoms. The van der Waals surface area contributed by atoms with Gasteiger partial charge < -0.3 is 5.11 Å². The Bertz CT molecular complexity index is 1080. The molecule has 1 N–H and O–H groups in total. The van der Waals surface area contributed by atoms with E-state index in [4.69, 9.17) is 5.11 Å². The molecule has 0 aliphatic heterocycles. The SMILES string of the molecule is CCc1ccc(C#Cc2c(-c3ccc(C(=O)O)c(F)c3)ccnc2CC)cn1. The Morgan fingerprint density at radius 2 is 1.89 bits per heavy atom. The summed E-state index contributed by atoms with van der Waals surface area (Å²) in [6.45, 7) is 4.01. The number of halogens is 1. The summed E-state index contributed by atoms with van der Waals surface area (Å²) in [5.74, 6) is 4.18. The summed E-state index contributed by atoms with van der Waals surface area (Å²) in [6, 6.07) is 9.70. The molecule has 3 rings (SSSR count). The van der Waals surface area contributed by atoms with E-state index < -0.39 is 11.8 Å². The molecule has 1 aromatic carbocycles. The summed E-state index contributed by atoms with van der Waals surface area (Å²) in [6.07, 6.45) is 4.91. The van der Waals surface area contributed by atoms with E-state index in [9.17, 15) is 9.18 Å². The molecule has 2 aromatic heterocycles. The van der Waals surface area contributed by atoms with Crippen LogP contribution in [-0.2, 0) is 12.8 Å². The number of rotatable bonds is 4. The monoisotopic (exact) mass is 374 g/mol. The predicted octanol–water partition coefficient (Wildman–Crippen LogP) is 4.51. The first-order valence-corrected chi connectivity index (χ1v) is 9.01. The van der Waals surface area contributed by atoms with Crippen LogP contribution in [-0.4, -0.2) is 21.0 Å². The largest absolute Gasteiger partial charge is 0.478 e. The van der Waals surface area contributed by atoms with Gasteiger partial charge in [0.1, 0.15) is 5.82 Å². The molecule has 3 aromatic rings. The number of hydrogen-bond acceptors (Lipinski definition) is 3. The van der Waals surface area contributed by atoms with Gasteiger partial charge in [-0.25, -0.2) is 9.18 Å². The summed E-state index contributed by atoms with van der Waals surface area (Å²) in [7, 11) is 0. The normalized spacial score (nSPS) is 10.2. The molecule has 0 aliphatic rings. The van der Waals surface area contributed by atoms with Crippen molar-refractivity contribution in [3.8, 4) is 23.0 Å². The van der Waals surface area contributed by atoms with Gasteiger partial charge in [-0.3, -0.25) is 9.97 Å². The van der Waals surface area contributed by atoms with E-state index in [1.807, 2.05) is 26.0 Å². The number of aromatic carboxylic acids is 1. The summed E-state index contributed by atoms with van der Waals surface area (Å²) in [4.78, 5) is 19.8.